The van der Waals surface area contributed by atoms with Gasteiger partial charge in [-0.15, -0.1) is 0 Å². The largest absolute Gasteiger partial charge is 0.499 e. The normalized spacial score (nSPS) is 16.1. The maximum atomic E-state index is 10.3. The Bertz CT molecular complexity index is 361. The molecule has 0 spiro atoms. The van der Waals surface area contributed by atoms with Crippen molar-refractivity contribution in [2.45, 2.75) is 12.6 Å². The Balaban J connectivity index is 0. The summed E-state index contributed by atoms with van der Waals surface area (Å²) in [5.41, 5.74) is 0. The molecule has 0 aliphatic carbocycles. The van der Waals surface area contributed by atoms with E-state index in [1.807, 2.05) is 0 Å². The minimum Gasteiger partial charge on any atom is -0.390 e. The minimum atomic E-state index is -4.56. The summed E-state index contributed by atoms with van der Waals surface area (Å²) in [6, 6.07) is -0.557. The Morgan fingerprint density at radius 3 is 1.55 bits per heavy atom. The molecule has 0 aliphatic heterocycles. The zero-order valence-electron chi connectivity index (χ0n) is 10.5. The zero-order valence-corrected chi connectivity index (χ0v) is 14.3. The van der Waals surface area contributed by atoms with Crippen molar-refractivity contribution in [1.29, 1.82) is 0 Å². The topological polar surface area (TPSA) is 214 Å². The molecule has 0 saturated heterocycles. The lowest BCUT2D eigenvalue weighted by Crippen LogP contribution is -2.35. The Morgan fingerprint density at radius 2 is 1.40 bits per heavy atom. The first-order valence-corrected chi connectivity index (χ1v) is 12.6. The van der Waals surface area contributed by atoms with Gasteiger partial charge in [-0.05, 0) is 0 Å². The van der Waals surface area contributed by atoms with E-state index in [0.717, 1.165) is 13.2 Å². The van der Waals surface area contributed by atoms with Crippen LogP contribution in [-0.2, 0) is 17.9 Å². The van der Waals surface area contributed by atoms with E-state index in [2.05, 4.69) is 8.74 Å². The quantitative estimate of drug-likeness (QED) is 0.177. The lowest BCUT2D eigenvalue weighted by Gasteiger charge is -2.13. The summed E-state index contributed by atoms with van der Waals surface area (Å²) in [5, 5.41) is 0. The van der Waals surface area contributed by atoms with E-state index in [-0.39, 0.29) is 0 Å². The third-order valence-electron chi connectivity index (χ3n) is 1.04. The second kappa shape index (κ2) is 8.21. The molecule has 124 valence electrons. The molecule has 0 fully saturated rings. The van der Waals surface area contributed by atoms with Gasteiger partial charge in [0.05, 0.1) is 6.61 Å². The summed E-state index contributed by atoms with van der Waals surface area (Å²) in [4.78, 5) is 66.5. The van der Waals surface area contributed by atoms with E-state index in [4.69, 9.17) is 38.7 Å². The van der Waals surface area contributed by atoms with Crippen molar-refractivity contribution in [3.8, 4) is 0 Å². The molecule has 12 nitrogen and oxygen atoms in total. The lowest BCUT2D eigenvalue weighted by molar-refractivity contribution is 0.181. The van der Waals surface area contributed by atoms with Crippen molar-refractivity contribution in [3.05, 3.63) is 0 Å². The highest BCUT2D eigenvalue weighted by Gasteiger charge is 2.31. The maximum Gasteiger partial charge on any atom is 0.499 e. The molecule has 0 saturated carbocycles. The second-order valence-electron chi connectivity index (χ2n) is 3.68. The summed E-state index contributed by atoms with van der Waals surface area (Å²) in [7, 11) is -16.3. The summed E-state index contributed by atoms with van der Waals surface area (Å²) in [5.74, 6) is 0. The highest BCUT2D eigenvalue weighted by atomic mass is 31.2. The molecule has 0 aliphatic rings. The van der Waals surface area contributed by atoms with Crippen LogP contribution in [0.15, 0.2) is 0 Å². The number of phosphoric ester groups is 1. The van der Waals surface area contributed by atoms with Crippen molar-refractivity contribution in [2.75, 3.05) is 13.3 Å². The van der Waals surface area contributed by atoms with Crippen LogP contribution in [0.5, 0.6) is 0 Å². The number of phosphoric acid groups is 1. The van der Waals surface area contributed by atoms with Gasteiger partial charge in [-0.2, -0.15) is 0 Å². The van der Waals surface area contributed by atoms with Crippen molar-refractivity contribution in [3.63, 3.8) is 0 Å². The molecule has 1 atom stereocenters. The van der Waals surface area contributed by atoms with Gasteiger partial charge in [-0.3, -0.25) is 9.09 Å². The van der Waals surface area contributed by atoms with Gasteiger partial charge in [0.15, 0.2) is 0 Å². The zero-order chi connectivity index (χ0) is 16.8. The van der Waals surface area contributed by atoms with Gasteiger partial charge >= 0.3 is 33.0 Å². The molecule has 0 radical (unpaired) electrons. The molecule has 1 unspecified atom stereocenters. The molecule has 16 heteroatoms. The molecule has 8 N–H and O–H groups in total. The van der Waals surface area contributed by atoms with Crippen LogP contribution in [0.25, 0.3) is 0 Å². The standard InChI is InChI=1S/C2H9O7PSi.C2H9O5PSi/c3-10(4,5)9-1-2-11(6,7)8;1-8(3,4)7-9(2,5)6/h6-8H,1-2H2,(H2,3,4,5);5-6H,1-2H3,(H,3,4). The predicted octanol–water partition coefficient (Wildman–Crippen LogP) is -2.62. The first-order valence-electron chi connectivity index (χ1n) is 4.74. The van der Waals surface area contributed by atoms with Crippen LogP contribution in [0.4, 0.5) is 0 Å². The second-order valence-corrected chi connectivity index (χ2v) is 11.2. The minimum absolute atomic E-state index is 0.557. The van der Waals surface area contributed by atoms with E-state index in [9.17, 15) is 9.13 Å². The van der Waals surface area contributed by atoms with Gasteiger partial charge in [0, 0.05) is 19.3 Å². The smallest absolute Gasteiger partial charge is 0.390 e. The molecule has 0 aromatic heterocycles. The fourth-order valence-corrected chi connectivity index (χ4v) is 4.07. The van der Waals surface area contributed by atoms with Crippen molar-refractivity contribution >= 4 is 33.0 Å². The fourth-order valence-electron chi connectivity index (χ4n) is 0.622. The van der Waals surface area contributed by atoms with E-state index in [1.165, 1.54) is 0 Å². The third-order valence-corrected chi connectivity index (χ3v) is 5.17. The SMILES string of the molecule is C[Si](O)(O)OP(C)(=O)O.O=P(O)(O)OCC[Si](O)(O)O. The van der Waals surface area contributed by atoms with Crippen LogP contribution in [0.2, 0.25) is 12.6 Å². The molecule has 20 heavy (non-hydrogen) atoms. The Labute approximate surface area is 116 Å². The van der Waals surface area contributed by atoms with Gasteiger partial charge in [-0.25, -0.2) is 4.57 Å². The van der Waals surface area contributed by atoms with Crippen LogP contribution < -0.4 is 0 Å². The van der Waals surface area contributed by atoms with Gasteiger partial charge < -0.3 is 42.9 Å². The van der Waals surface area contributed by atoms with Gasteiger partial charge in [0.1, 0.15) is 0 Å². The van der Waals surface area contributed by atoms with Crippen LogP contribution in [0, 0.1) is 0 Å². The van der Waals surface area contributed by atoms with Gasteiger partial charge in [0.25, 0.3) is 0 Å². The Hall–Kier alpha value is 0.494. The molecule has 0 bridgehead atoms. The highest BCUT2D eigenvalue weighted by molar-refractivity contribution is 7.53. The molecule has 0 aromatic rings. The average molecular weight is 376 g/mol. The van der Waals surface area contributed by atoms with Crippen molar-refractivity contribution in [2.24, 2.45) is 0 Å². The van der Waals surface area contributed by atoms with Crippen molar-refractivity contribution < 1.29 is 56.5 Å². The van der Waals surface area contributed by atoms with Gasteiger partial charge in [-0.1, -0.05) is 0 Å². The van der Waals surface area contributed by atoms with Gasteiger partial charge in [0.2, 0.25) is 0 Å². The number of hydrogen-bond acceptors (Lipinski definition) is 9. The Kier molecular flexibility index (Phi) is 9.35. The molecule has 0 heterocycles. The third kappa shape index (κ3) is 26.9. The highest BCUT2D eigenvalue weighted by Crippen LogP contribution is 2.38. The van der Waals surface area contributed by atoms with Crippen LogP contribution >= 0.6 is 15.4 Å². The fraction of sp³-hybridized carbons (Fsp3) is 1.00. The molecular weight excluding hydrogens is 358 g/mol. The first kappa shape index (κ1) is 22.8. The molecule has 0 rings (SSSR count). The Morgan fingerprint density at radius 1 is 1.00 bits per heavy atom. The summed E-state index contributed by atoms with van der Waals surface area (Å²) in [6.45, 7) is 1.30. The van der Waals surface area contributed by atoms with E-state index in [1.54, 1.807) is 0 Å². The van der Waals surface area contributed by atoms with Crippen LogP contribution in [0.1, 0.15) is 0 Å². The van der Waals surface area contributed by atoms with E-state index >= 15 is 0 Å². The molecular formula is C4H18O12P2Si2. The monoisotopic (exact) mass is 376 g/mol. The summed E-state index contributed by atoms with van der Waals surface area (Å²) in [6.07, 6.45) is 0. The van der Waals surface area contributed by atoms with E-state index < -0.39 is 45.7 Å². The maximum absolute atomic E-state index is 10.3. The first-order chi connectivity index (χ1) is 8.41. The molecule has 0 amide bonds. The molecule has 0 aromatic carbocycles. The van der Waals surface area contributed by atoms with Crippen LogP contribution in [-0.4, -0.2) is 69.5 Å². The van der Waals surface area contributed by atoms with E-state index in [0.29, 0.717) is 0 Å². The lowest BCUT2D eigenvalue weighted by atomic mass is 10.9. The summed E-state index contributed by atoms with van der Waals surface area (Å²) >= 11 is 0. The van der Waals surface area contributed by atoms with Crippen molar-refractivity contribution in [1.82, 2.24) is 0 Å². The number of hydrogen-bond donors (Lipinski definition) is 8. The average Bonchev–Trinajstić information content (AvgIpc) is 1.90. The number of rotatable bonds is 6. The van der Waals surface area contributed by atoms with Crippen LogP contribution in [0.3, 0.4) is 0 Å². The summed E-state index contributed by atoms with van der Waals surface area (Å²) < 4.78 is 28.1. The predicted molar refractivity (Wildman–Crippen MR) is 68.1 cm³/mol.